The Morgan fingerprint density at radius 2 is 1.91 bits per heavy atom. The Bertz CT molecular complexity index is 805. The first-order valence-electron chi connectivity index (χ1n) is 6.77. The molecule has 0 aliphatic carbocycles. The number of rotatable bonds is 3. The van der Waals surface area contributed by atoms with Crippen LogP contribution in [0.5, 0.6) is 0 Å². The molecule has 0 N–H and O–H groups in total. The molecule has 0 unspecified atom stereocenters. The van der Waals surface area contributed by atoms with Crippen LogP contribution in [-0.2, 0) is 0 Å². The molecule has 1 aromatic carbocycles. The van der Waals surface area contributed by atoms with Crippen LogP contribution in [0.15, 0.2) is 55.0 Å². The molecule has 112 valence electrons. The van der Waals surface area contributed by atoms with E-state index in [2.05, 4.69) is 5.10 Å². The number of carbonyl (C=O) groups excluding carboxylic acids is 1. The van der Waals surface area contributed by atoms with Gasteiger partial charge < -0.3 is 9.47 Å². The molecule has 0 saturated carbocycles. The first-order chi connectivity index (χ1) is 10.6. The third kappa shape index (κ3) is 2.39. The van der Waals surface area contributed by atoms with Gasteiger partial charge in [0.05, 0.1) is 11.9 Å². The highest BCUT2D eigenvalue weighted by molar-refractivity contribution is 5.97. The number of carbonyl (C=O) groups is 1. The number of hydrogen-bond donors (Lipinski definition) is 0. The van der Waals surface area contributed by atoms with Crippen molar-refractivity contribution in [3.8, 4) is 11.5 Å². The number of nitrogens with zero attached hydrogens (tertiary/aromatic N) is 4. The van der Waals surface area contributed by atoms with Gasteiger partial charge in [-0.1, -0.05) is 6.07 Å². The molecule has 0 bridgehead atoms. The summed E-state index contributed by atoms with van der Waals surface area (Å²) in [5.74, 6) is 0.0626. The third-order valence-electron chi connectivity index (χ3n) is 3.28. The van der Waals surface area contributed by atoms with Gasteiger partial charge >= 0.3 is 0 Å². The average Bonchev–Trinajstić information content (AvgIpc) is 3.15. The Morgan fingerprint density at radius 3 is 2.55 bits per heavy atom. The fourth-order valence-corrected chi connectivity index (χ4v) is 2.25. The summed E-state index contributed by atoms with van der Waals surface area (Å²) in [7, 11) is 3.36. The second-order valence-corrected chi connectivity index (χ2v) is 5.06. The molecule has 0 spiro atoms. The Hall–Kier alpha value is -2.89. The van der Waals surface area contributed by atoms with E-state index in [9.17, 15) is 9.18 Å². The molecule has 3 rings (SSSR count). The topological polar surface area (TPSA) is 43.1 Å². The highest BCUT2D eigenvalue weighted by atomic mass is 19.1. The van der Waals surface area contributed by atoms with Crippen LogP contribution in [0.1, 0.15) is 10.4 Å². The van der Waals surface area contributed by atoms with Gasteiger partial charge in [0.2, 0.25) is 0 Å². The van der Waals surface area contributed by atoms with Crippen molar-refractivity contribution in [1.29, 1.82) is 0 Å². The molecule has 0 aliphatic rings. The molecule has 1 amide bonds. The summed E-state index contributed by atoms with van der Waals surface area (Å²) in [5, 5.41) is 4.27. The van der Waals surface area contributed by atoms with Gasteiger partial charge in [-0.3, -0.25) is 4.79 Å². The van der Waals surface area contributed by atoms with Gasteiger partial charge in [0.15, 0.2) is 5.82 Å². The molecular formula is C16H15FN4O. The Balaban J connectivity index is 2.22. The van der Waals surface area contributed by atoms with E-state index in [0.29, 0.717) is 17.1 Å². The minimum atomic E-state index is -0.355. The summed E-state index contributed by atoms with van der Waals surface area (Å²) >= 11 is 0. The van der Waals surface area contributed by atoms with Crippen LogP contribution in [0.4, 0.5) is 4.39 Å². The largest absolute Gasteiger partial charge is 0.345 e. The fourth-order valence-electron chi connectivity index (χ4n) is 2.25. The van der Waals surface area contributed by atoms with Crippen molar-refractivity contribution in [3.63, 3.8) is 0 Å². The van der Waals surface area contributed by atoms with Crippen LogP contribution in [0.2, 0.25) is 0 Å². The SMILES string of the molecule is CN(C)C(=O)c1cnn(-c2cccc(F)c2)c1-n1cccc1. The highest BCUT2D eigenvalue weighted by Gasteiger charge is 2.21. The molecule has 2 aromatic heterocycles. The maximum atomic E-state index is 13.5. The van der Waals surface area contributed by atoms with Crippen molar-refractivity contribution in [2.24, 2.45) is 0 Å². The van der Waals surface area contributed by atoms with Crippen LogP contribution >= 0.6 is 0 Å². The first-order valence-corrected chi connectivity index (χ1v) is 6.77. The van der Waals surface area contributed by atoms with Crippen molar-refractivity contribution in [2.45, 2.75) is 0 Å². The van der Waals surface area contributed by atoms with E-state index in [1.807, 2.05) is 24.5 Å². The third-order valence-corrected chi connectivity index (χ3v) is 3.28. The van der Waals surface area contributed by atoms with Crippen molar-refractivity contribution in [1.82, 2.24) is 19.2 Å². The lowest BCUT2D eigenvalue weighted by molar-refractivity contribution is 0.0827. The lowest BCUT2D eigenvalue weighted by Crippen LogP contribution is -2.23. The molecule has 0 aliphatic heterocycles. The van der Waals surface area contributed by atoms with Crippen LogP contribution < -0.4 is 0 Å². The molecule has 6 heteroatoms. The zero-order valence-electron chi connectivity index (χ0n) is 12.3. The van der Waals surface area contributed by atoms with E-state index in [4.69, 9.17) is 0 Å². The standard InChI is InChI=1S/C16H15FN4O/c1-19(2)16(22)14-11-18-21(13-7-5-6-12(17)10-13)15(14)20-8-3-4-9-20/h3-11H,1-2H3. The number of halogens is 1. The van der Waals surface area contributed by atoms with Gasteiger partial charge in [-0.05, 0) is 30.3 Å². The van der Waals surface area contributed by atoms with E-state index in [1.54, 1.807) is 35.5 Å². The highest BCUT2D eigenvalue weighted by Crippen LogP contribution is 2.21. The Morgan fingerprint density at radius 1 is 1.18 bits per heavy atom. The van der Waals surface area contributed by atoms with Crippen LogP contribution in [-0.4, -0.2) is 39.3 Å². The average molecular weight is 298 g/mol. The van der Waals surface area contributed by atoms with E-state index in [0.717, 1.165) is 0 Å². The molecule has 0 atom stereocenters. The van der Waals surface area contributed by atoms with Gasteiger partial charge in [-0.15, -0.1) is 0 Å². The minimum absolute atomic E-state index is 0.161. The molecular weight excluding hydrogens is 283 g/mol. The minimum Gasteiger partial charge on any atom is -0.345 e. The molecule has 22 heavy (non-hydrogen) atoms. The Labute approximate surface area is 127 Å². The molecule has 5 nitrogen and oxygen atoms in total. The second-order valence-electron chi connectivity index (χ2n) is 5.06. The monoisotopic (exact) mass is 298 g/mol. The van der Waals surface area contributed by atoms with E-state index in [-0.39, 0.29) is 11.7 Å². The van der Waals surface area contributed by atoms with E-state index in [1.165, 1.54) is 23.2 Å². The van der Waals surface area contributed by atoms with Gasteiger partial charge in [0, 0.05) is 26.5 Å². The van der Waals surface area contributed by atoms with Gasteiger partial charge in [0.25, 0.3) is 5.91 Å². The number of hydrogen-bond acceptors (Lipinski definition) is 2. The van der Waals surface area contributed by atoms with Gasteiger partial charge in [0.1, 0.15) is 11.4 Å². The van der Waals surface area contributed by atoms with Crippen molar-refractivity contribution in [3.05, 3.63) is 66.4 Å². The summed E-state index contributed by atoms with van der Waals surface area (Å²) < 4.78 is 16.8. The second kappa shape index (κ2) is 5.48. The maximum absolute atomic E-state index is 13.5. The molecule has 0 radical (unpaired) electrons. The summed E-state index contributed by atoms with van der Waals surface area (Å²) in [6, 6.07) is 9.81. The van der Waals surface area contributed by atoms with Crippen LogP contribution in [0.3, 0.4) is 0 Å². The van der Waals surface area contributed by atoms with E-state index < -0.39 is 0 Å². The number of amides is 1. The summed E-state index contributed by atoms with van der Waals surface area (Å²) in [6.07, 6.45) is 5.14. The molecule has 0 fully saturated rings. The predicted molar refractivity (Wildman–Crippen MR) is 80.9 cm³/mol. The summed E-state index contributed by atoms with van der Waals surface area (Å²) in [4.78, 5) is 13.8. The normalized spacial score (nSPS) is 10.7. The van der Waals surface area contributed by atoms with Gasteiger partial charge in [-0.25, -0.2) is 9.07 Å². The first kappa shape index (κ1) is 14.1. The van der Waals surface area contributed by atoms with Crippen molar-refractivity contribution >= 4 is 5.91 Å². The van der Waals surface area contributed by atoms with Crippen molar-refractivity contribution < 1.29 is 9.18 Å². The molecule has 3 aromatic rings. The van der Waals surface area contributed by atoms with Crippen LogP contribution in [0.25, 0.3) is 11.5 Å². The fraction of sp³-hybridized carbons (Fsp3) is 0.125. The van der Waals surface area contributed by atoms with E-state index >= 15 is 0 Å². The predicted octanol–water partition coefficient (Wildman–Crippen LogP) is 2.50. The zero-order chi connectivity index (χ0) is 15.7. The quantitative estimate of drug-likeness (QED) is 0.745. The zero-order valence-corrected chi connectivity index (χ0v) is 12.3. The lowest BCUT2D eigenvalue weighted by atomic mass is 10.2. The molecule has 2 heterocycles. The van der Waals surface area contributed by atoms with Crippen molar-refractivity contribution in [2.75, 3.05) is 14.1 Å². The van der Waals surface area contributed by atoms with Gasteiger partial charge in [-0.2, -0.15) is 5.10 Å². The van der Waals surface area contributed by atoms with Crippen LogP contribution in [0, 0.1) is 5.82 Å². The number of aromatic nitrogens is 3. The summed E-state index contributed by atoms with van der Waals surface area (Å²) in [6.45, 7) is 0. The lowest BCUT2D eigenvalue weighted by Gasteiger charge is -2.13. The number of benzene rings is 1. The summed E-state index contributed by atoms with van der Waals surface area (Å²) in [5.41, 5.74) is 1.01. The Kier molecular flexibility index (Phi) is 3.50. The smallest absolute Gasteiger partial charge is 0.258 e. The molecule has 0 saturated heterocycles. The maximum Gasteiger partial charge on any atom is 0.258 e.